The second-order valence-electron chi connectivity index (χ2n) is 6.01. The number of carbonyl (C=O) groups is 1. The highest BCUT2D eigenvalue weighted by Gasteiger charge is 2.27. The summed E-state index contributed by atoms with van der Waals surface area (Å²) in [5.74, 6) is 0.967. The molecule has 0 spiro atoms. The van der Waals surface area contributed by atoms with Crippen molar-refractivity contribution in [2.45, 2.75) is 6.54 Å². The number of rotatable bonds is 4. The summed E-state index contributed by atoms with van der Waals surface area (Å²) in [6.07, 6.45) is 2.86. The van der Waals surface area contributed by atoms with Gasteiger partial charge in [-0.3, -0.25) is 4.79 Å². The van der Waals surface area contributed by atoms with Crippen LogP contribution in [-0.4, -0.2) is 56.7 Å². The van der Waals surface area contributed by atoms with Crippen LogP contribution in [0.25, 0.3) is 11.7 Å². The lowest BCUT2D eigenvalue weighted by Crippen LogP contribution is -2.49. The SMILES string of the molecule is N#Cc1ncn(CC(=O)N2CCN(c3oc(-c4ccco4)nc3C#N)CC2)n1. The number of oxazole rings is 1. The standard InChI is InChI=1S/C17H14N8O3/c18-8-12-17(28-16(21-12)13-2-1-7-27-13)24-5-3-23(4-6-24)15(26)10-25-11-20-14(9-19)22-25/h1-2,7,11H,3-6,10H2. The van der Waals surface area contributed by atoms with Crippen molar-refractivity contribution < 1.29 is 13.6 Å². The molecule has 1 aliphatic rings. The van der Waals surface area contributed by atoms with Crippen molar-refractivity contribution in [3.05, 3.63) is 36.2 Å². The molecule has 0 unspecified atom stereocenters. The highest BCUT2D eigenvalue weighted by Crippen LogP contribution is 2.29. The van der Waals surface area contributed by atoms with E-state index in [-0.39, 0.29) is 29.9 Å². The molecule has 0 radical (unpaired) electrons. The molecule has 1 fully saturated rings. The maximum atomic E-state index is 12.4. The zero-order valence-electron chi connectivity index (χ0n) is 14.6. The van der Waals surface area contributed by atoms with Crippen LogP contribution in [0.5, 0.6) is 0 Å². The van der Waals surface area contributed by atoms with Crippen LogP contribution < -0.4 is 4.90 Å². The Hall–Kier alpha value is -4.12. The van der Waals surface area contributed by atoms with Crippen LogP contribution in [0, 0.1) is 22.7 Å². The van der Waals surface area contributed by atoms with Crippen LogP contribution >= 0.6 is 0 Å². The van der Waals surface area contributed by atoms with Crippen molar-refractivity contribution in [2.24, 2.45) is 0 Å². The minimum Gasteiger partial charge on any atom is -0.459 e. The van der Waals surface area contributed by atoms with Crippen molar-refractivity contribution in [1.29, 1.82) is 10.5 Å². The van der Waals surface area contributed by atoms with Crippen LogP contribution in [0.2, 0.25) is 0 Å². The van der Waals surface area contributed by atoms with Crippen molar-refractivity contribution in [3.8, 4) is 23.8 Å². The Kier molecular flexibility index (Phi) is 4.48. The van der Waals surface area contributed by atoms with E-state index in [1.54, 1.807) is 17.0 Å². The molecule has 0 atom stereocenters. The normalized spacial score (nSPS) is 13.9. The number of aromatic nitrogens is 4. The molecule has 1 saturated heterocycles. The Morgan fingerprint density at radius 2 is 2.04 bits per heavy atom. The van der Waals surface area contributed by atoms with E-state index in [9.17, 15) is 10.1 Å². The summed E-state index contributed by atoms with van der Waals surface area (Å²) in [4.78, 5) is 24.0. The summed E-state index contributed by atoms with van der Waals surface area (Å²) in [7, 11) is 0. The third-order valence-corrected chi connectivity index (χ3v) is 4.30. The molecule has 3 aromatic rings. The van der Waals surface area contributed by atoms with Gasteiger partial charge in [-0.05, 0) is 12.1 Å². The summed E-state index contributed by atoms with van der Waals surface area (Å²) in [6, 6.07) is 7.28. The van der Waals surface area contributed by atoms with E-state index < -0.39 is 0 Å². The Labute approximate surface area is 159 Å². The minimum atomic E-state index is -0.122. The van der Waals surface area contributed by atoms with Crippen LogP contribution in [0.3, 0.4) is 0 Å². The van der Waals surface area contributed by atoms with Gasteiger partial charge in [-0.2, -0.15) is 15.5 Å². The van der Waals surface area contributed by atoms with E-state index in [1.165, 1.54) is 17.3 Å². The van der Waals surface area contributed by atoms with Gasteiger partial charge in [0.2, 0.25) is 17.5 Å². The van der Waals surface area contributed by atoms with E-state index in [0.717, 1.165) is 0 Å². The quantitative estimate of drug-likeness (QED) is 0.638. The fourth-order valence-electron chi connectivity index (χ4n) is 2.92. The fourth-order valence-corrected chi connectivity index (χ4v) is 2.92. The van der Waals surface area contributed by atoms with Gasteiger partial charge in [-0.1, -0.05) is 0 Å². The molecule has 11 heteroatoms. The highest BCUT2D eigenvalue weighted by atomic mass is 16.4. The minimum absolute atomic E-state index is 0.0169. The zero-order chi connectivity index (χ0) is 19.5. The average molecular weight is 378 g/mol. The monoisotopic (exact) mass is 378 g/mol. The first-order chi connectivity index (χ1) is 13.7. The third-order valence-electron chi connectivity index (χ3n) is 4.30. The first-order valence-corrected chi connectivity index (χ1v) is 8.45. The number of nitriles is 2. The number of furan rings is 1. The largest absolute Gasteiger partial charge is 0.459 e. The van der Waals surface area contributed by atoms with Crippen LogP contribution in [0.15, 0.2) is 33.6 Å². The number of amides is 1. The molecule has 28 heavy (non-hydrogen) atoms. The maximum absolute atomic E-state index is 12.4. The lowest BCUT2D eigenvalue weighted by Gasteiger charge is -2.34. The summed E-state index contributed by atoms with van der Waals surface area (Å²) < 4.78 is 12.3. The topological polar surface area (TPSA) is 141 Å². The molecular formula is C17H14N8O3. The predicted octanol–water partition coefficient (Wildman–Crippen LogP) is 0.618. The number of hydrogen-bond donors (Lipinski definition) is 0. The van der Waals surface area contributed by atoms with Gasteiger partial charge in [-0.25, -0.2) is 9.67 Å². The van der Waals surface area contributed by atoms with Gasteiger partial charge in [0, 0.05) is 26.2 Å². The maximum Gasteiger partial charge on any atom is 0.266 e. The molecular weight excluding hydrogens is 364 g/mol. The molecule has 0 bridgehead atoms. The molecule has 0 saturated carbocycles. The summed E-state index contributed by atoms with van der Waals surface area (Å²) in [5.41, 5.74) is 0.179. The number of piperazine rings is 1. The van der Waals surface area contributed by atoms with Gasteiger partial charge in [0.1, 0.15) is 25.0 Å². The lowest BCUT2D eigenvalue weighted by atomic mass is 10.3. The van der Waals surface area contributed by atoms with Crippen molar-refractivity contribution in [1.82, 2.24) is 24.6 Å². The van der Waals surface area contributed by atoms with Crippen molar-refractivity contribution >= 4 is 11.8 Å². The van der Waals surface area contributed by atoms with Gasteiger partial charge in [0.25, 0.3) is 11.7 Å². The lowest BCUT2D eigenvalue weighted by molar-refractivity contribution is -0.132. The third kappa shape index (κ3) is 3.29. The molecule has 1 aliphatic heterocycles. The van der Waals surface area contributed by atoms with Crippen LogP contribution in [0.1, 0.15) is 11.5 Å². The molecule has 3 aromatic heterocycles. The number of carbonyl (C=O) groups excluding carboxylic acids is 1. The summed E-state index contributed by atoms with van der Waals surface area (Å²) in [5, 5.41) is 22.0. The summed E-state index contributed by atoms with van der Waals surface area (Å²) in [6.45, 7) is 1.92. The molecule has 4 heterocycles. The van der Waals surface area contributed by atoms with Crippen LogP contribution in [0.4, 0.5) is 5.88 Å². The van der Waals surface area contributed by atoms with E-state index in [0.29, 0.717) is 37.8 Å². The van der Waals surface area contributed by atoms with Crippen molar-refractivity contribution in [2.75, 3.05) is 31.1 Å². The van der Waals surface area contributed by atoms with Crippen molar-refractivity contribution in [3.63, 3.8) is 0 Å². The van der Waals surface area contributed by atoms with E-state index >= 15 is 0 Å². The van der Waals surface area contributed by atoms with E-state index in [1.807, 2.05) is 17.0 Å². The molecule has 0 N–H and O–H groups in total. The van der Waals surface area contributed by atoms with Gasteiger partial charge in [0.15, 0.2) is 5.76 Å². The Bertz CT molecular complexity index is 1060. The number of nitrogens with zero attached hydrogens (tertiary/aromatic N) is 8. The van der Waals surface area contributed by atoms with Crippen LogP contribution in [-0.2, 0) is 11.3 Å². The van der Waals surface area contributed by atoms with Gasteiger partial charge in [-0.15, -0.1) is 5.10 Å². The molecule has 1 amide bonds. The molecule has 0 aliphatic carbocycles. The van der Waals surface area contributed by atoms with E-state index in [2.05, 4.69) is 15.1 Å². The Balaban J connectivity index is 1.41. The smallest absolute Gasteiger partial charge is 0.266 e. The zero-order valence-corrected chi connectivity index (χ0v) is 14.6. The molecule has 11 nitrogen and oxygen atoms in total. The summed E-state index contributed by atoms with van der Waals surface area (Å²) >= 11 is 0. The number of anilines is 1. The predicted molar refractivity (Wildman–Crippen MR) is 92.5 cm³/mol. The first-order valence-electron chi connectivity index (χ1n) is 8.45. The Morgan fingerprint density at radius 3 is 2.68 bits per heavy atom. The van der Waals surface area contributed by atoms with Gasteiger partial charge >= 0.3 is 0 Å². The molecule has 0 aromatic carbocycles. The van der Waals surface area contributed by atoms with Gasteiger partial charge < -0.3 is 18.6 Å². The molecule has 4 rings (SSSR count). The fraction of sp³-hybridized carbons (Fsp3) is 0.294. The second-order valence-corrected chi connectivity index (χ2v) is 6.01. The van der Waals surface area contributed by atoms with Gasteiger partial charge in [0.05, 0.1) is 6.26 Å². The van der Waals surface area contributed by atoms with E-state index in [4.69, 9.17) is 14.1 Å². The average Bonchev–Trinajstić information content (AvgIpc) is 3.47. The second kappa shape index (κ2) is 7.25. The first kappa shape index (κ1) is 17.3. The Morgan fingerprint density at radius 1 is 1.21 bits per heavy atom. The highest BCUT2D eigenvalue weighted by molar-refractivity contribution is 5.76. The molecule has 140 valence electrons. The number of hydrogen-bond acceptors (Lipinski definition) is 9.